The first-order valence-electron chi connectivity index (χ1n) is 26.6. The number of carboxylic acid groups (broad SMARTS) is 1. The number of ether oxygens (including phenoxy) is 2. The Hall–Kier alpha value is -5.82. The highest BCUT2D eigenvalue weighted by molar-refractivity contribution is 7.66. The van der Waals surface area contributed by atoms with Crippen LogP contribution in [0.5, 0.6) is 11.5 Å². The minimum atomic E-state index is -5.79. The molecule has 6 aliphatic rings. The number of phosphoric acid groups is 3. The van der Waals surface area contributed by atoms with Crippen LogP contribution in [0.4, 0.5) is 11.5 Å². The number of hydrogen-bond donors (Lipinski definition) is 9. The van der Waals surface area contributed by atoms with Crippen molar-refractivity contribution >= 4 is 69.4 Å². The third-order valence-electron chi connectivity index (χ3n) is 15.4. The molecule has 0 spiro atoms. The van der Waals surface area contributed by atoms with Crippen LogP contribution in [0.3, 0.4) is 0 Å². The van der Waals surface area contributed by atoms with Gasteiger partial charge in [0.2, 0.25) is 11.3 Å². The molecule has 0 saturated carbocycles. The highest BCUT2D eigenvalue weighted by Crippen LogP contribution is 2.66. The van der Waals surface area contributed by atoms with E-state index in [9.17, 15) is 53.2 Å². The van der Waals surface area contributed by atoms with Gasteiger partial charge in [-0.2, -0.15) is 8.62 Å². The van der Waals surface area contributed by atoms with E-state index >= 15 is 0 Å². The Bertz CT molecular complexity index is 3620. The number of nitrogens with zero attached hydrogens (tertiary/aromatic N) is 6. The molecule has 1 fully saturated rings. The zero-order chi connectivity index (χ0) is 56.3. The summed E-state index contributed by atoms with van der Waals surface area (Å²) in [4.78, 5) is 92.4. The molecule has 0 aliphatic carbocycles. The summed E-state index contributed by atoms with van der Waals surface area (Å²) in [5, 5.41) is 40.3. The van der Waals surface area contributed by atoms with Crippen molar-refractivity contribution in [3.05, 3.63) is 98.1 Å². The fourth-order valence-electron chi connectivity index (χ4n) is 12.0. The molecule has 80 heavy (non-hydrogen) atoms. The molecule has 6 aliphatic heterocycles. The molecule has 0 radical (unpaired) electrons. The van der Waals surface area contributed by atoms with Gasteiger partial charge < -0.3 is 59.9 Å². The fraction of sp³-hybridized carbons (Fsp3) is 0.471. The standard InChI is InChI=1S/C51H59N8O18P3/c60-37(24-39(61)52-15-3-1-2-4-16-53-48-41-49(55-26-54-48)59(27-56-41)50-45(63)44(62)38(74-50)25-73-79(69,70)77-80(71,72)76-78(66,67)68)28-13-14-31(51(64)65)34(21-28)40-35-22-29-9-5-17-57-19-7-11-32(42(29)57)46(35)75-47-33-12-8-20-58-18-6-10-30(43(33)58)23-36(40)47/h13-14,21-23,26-27,38,44-45,50,62-63H,1-12,15-20,24-25H2,(H6-,52,53,54,55,61,64,65,66,67,68,69,70,71,72)/p+1/t38-,44-,45-,50-/m1/s1. The Morgan fingerprint density at radius 1 is 0.787 bits per heavy atom. The van der Waals surface area contributed by atoms with E-state index in [1.807, 2.05) is 0 Å². The van der Waals surface area contributed by atoms with Crippen LogP contribution in [0.15, 0.2) is 43.0 Å². The molecule has 426 valence electrons. The molecule has 5 aromatic rings. The first-order valence-corrected chi connectivity index (χ1v) is 31.1. The van der Waals surface area contributed by atoms with Crippen LogP contribution in [-0.2, 0) is 62.1 Å². The van der Waals surface area contributed by atoms with Crippen molar-refractivity contribution in [2.24, 2.45) is 0 Å². The van der Waals surface area contributed by atoms with Crippen LogP contribution in [0.1, 0.15) is 118 Å². The number of Topliss-reactive ketones (excluding diaryl/α,β-unsaturated/α-hetero) is 1. The van der Waals surface area contributed by atoms with Gasteiger partial charge in [-0.15, -0.1) is 0 Å². The molecule has 11 rings (SSSR count). The number of aromatic nitrogens is 4. The Morgan fingerprint density at radius 3 is 2.30 bits per heavy atom. The summed E-state index contributed by atoms with van der Waals surface area (Å²) in [6.45, 7) is 3.71. The van der Waals surface area contributed by atoms with Gasteiger partial charge in [0, 0.05) is 77.8 Å². The quantitative estimate of drug-likeness (QED) is 0.0164. The molecular weight excluding hydrogens is 1110 g/mol. The van der Waals surface area contributed by atoms with Gasteiger partial charge in [0.25, 0.3) is 0 Å². The summed E-state index contributed by atoms with van der Waals surface area (Å²) >= 11 is 0. The largest absolute Gasteiger partial charge is 0.490 e. The van der Waals surface area contributed by atoms with Gasteiger partial charge in [0.05, 0.1) is 30.5 Å². The van der Waals surface area contributed by atoms with Gasteiger partial charge in [0.15, 0.2) is 29.0 Å². The van der Waals surface area contributed by atoms with Gasteiger partial charge in [-0.05, 0) is 86.8 Å². The minimum absolute atomic E-state index is 0.0638. The number of aromatic carboxylic acids is 1. The smallest absolute Gasteiger partial charge is 0.478 e. The van der Waals surface area contributed by atoms with E-state index in [1.54, 1.807) is 6.07 Å². The number of imidazole rings is 1. The maximum absolute atomic E-state index is 14.0. The van der Waals surface area contributed by atoms with Crippen LogP contribution in [-0.4, -0.2) is 136 Å². The first-order chi connectivity index (χ1) is 38.2. The maximum Gasteiger partial charge on any atom is 0.490 e. The number of carboxylic acids is 1. The SMILES string of the molecule is O=C(CC(=O)c1ccc(C(=O)O)c(C2=c3cc4c5c(c3Oc3c2cc2c6c3CCCN6CCC2)CCC[N+]=5CCC4)c1)NCCCCCCNc1ncnc2c1ncn2[C@@H]1O[C@H](COP(=O)(O)OP(=O)(O)OP(=O)(O)O)[C@@H](O)[C@H]1O. The summed E-state index contributed by atoms with van der Waals surface area (Å²) < 4.78 is 63.3. The van der Waals surface area contributed by atoms with Gasteiger partial charge in [-0.1, -0.05) is 18.9 Å². The van der Waals surface area contributed by atoms with Crippen molar-refractivity contribution in [3.63, 3.8) is 0 Å². The number of phosphoric ester groups is 1. The molecule has 2 unspecified atom stereocenters. The Morgan fingerprint density at radius 2 is 1.52 bits per heavy atom. The number of aliphatic hydroxyl groups excluding tert-OH is 2. The maximum atomic E-state index is 14.0. The van der Waals surface area contributed by atoms with E-state index in [0.717, 1.165) is 129 Å². The fourth-order valence-corrected chi connectivity index (χ4v) is 15.0. The predicted octanol–water partition coefficient (Wildman–Crippen LogP) is 3.28. The molecule has 0 bridgehead atoms. The number of ketones is 1. The van der Waals surface area contributed by atoms with Crippen molar-refractivity contribution in [3.8, 4) is 11.5 Å². The minimum Gasteiger partial charge on any atom is -0.478 e. The number of carbonyl (C=O) groups is 3. The predicted molar refractivity (Wildman–Crippen MR) is 284 cm³/mol. The van der Waals surface area contributed by atoms with E-state index in [-0.39, 0.29) is 22.3 Å². The number of anilines is 2. The lowest BCUT2D eigenvalue weighted by Crippen LogP contribution is -2.45. The second-order valence-corrected chi connectivity index (χ2v) is 25.1. The van der Waals surface area contributed by atoms with E-state index in [0.29, 0.717) is 37.3 Å². The number of unbranched alkanes of at least 4 members (excludes halogenated alkanes) is 3. The highest BCUT2D eigenvalue weighted by Gasteiger charge is 2.47. The van der Waals surface area contributed by atoms with Crippen molar-refractivity contribution in [2.75, 3.05) is 56.1 Å². The average Bonchev–Trinajstić information content (AvgIpc) is 2.19. The van der Waals surface area contributed by atoms with Crippen LogP contribution < -0.4 is 35.4 Å². The topological polar surface area (TPSA) is 364 Å². The Balaban J connectivity index is 0.706. The average molecular weight is 1170 g/mol. The summed E-state index contributed by atoms with van der Waals surface area (Å²) in [6.07, 6.45) is 6.06. The van der Waals surface area contributed by atoms with Crippen LogP contribution >= 0.6 is 23.5 Å². The van der Waals surface area contributed by atoms with Crippen molar-refractivity contribution in [2.45, 2.75) is 108 Å². The summed E-state index contributed by atoms with van der Waals surface area (Å²) in [5.41, 5.74) is 8.76. The van der Waals surface area contributed by atoms with Gasteiger partial charge >= 0.3 is 29.4 Å². The van der Waals surface area contributed by atoms with Crippen LogP contribution in [0, 0.1) is 0 Å². The molecular formula is C51H60N8O18P3+. The van der Waals surface area contributed by atoms with Crippen LogP contribution in [0.2, 0.25) is 0 Å². The number of carbonyl (C=O) groups excluding carboxylic acids is 2. The molecule has 8 heterocycles. The van der Waals surface area contributed by atoms with Gasteiger partial charge in [-0.3, -0.25) is 18.7 Å². The van der Waals surface area contributed by atoms with Gasteiger partial charge in [0.1, 0.15) is 49.2 Å². The highest BCUT2D eigenvalue weighted by atomic mass is 31.3. The lowest BCUT2D eigenvalue weighted by Gasteiger charge is -2.39. The number of rotatable bonds is 21. The lowest BCUT2D eigenvalue weighted by atomic mass is 9.81. The molecule has 3 aromatic carbocycles. The number of aryl methyl sites for hydroxylation is 2. The molecule has 6 atom stereocenters. The van der Waals surface area contributed by atoms with Crippen molar-refractivity contribution in [1.82, 2.24) is 29.4 Å². The van der Waals surface area contributed by atoms with E-state index in [1.165, 1.54) is 51.5 Å². The molecule has 29 heteroatoms. The zero-order valence-corrected chi connectivity index (χ0v) is 45.8. The molecule has 9 N–H and O–H groups in total. The van der Waals surface area contributed by atoms with E-state index in [2.05, 4.69) is 60.3 Å². The number of amides is 1. The second kappa shape index (κ2) is 22.5. The van der Waals surface area contributed by atoms with Crippen molar-refractivity contribution < 1.29 is 85.6 Å². The molecule has 1 saturated heterocycles. The normalized spacial score (nSPS) is 21.6. The number of nitrogens with one attached hydrogen (secondary N) is 2. The Kier molecular flexibility index (Phi) is 15.8. The molecule has 1 amide bonds. The number of hydrogen-bond acceptors (Lipinski definition) is 18. The zero-order valence-electron chi connectivity index (χ0n) is 43.1. The van der Waals surface area contributed by atoms with Gasteiger partial charge in [-0.25, -0.2) is 38.0 Å². The second-order valence-electron chi connectivity index (χ2n) is 20.7. The third-order valence-corrected chi connectivity index (χ3v) is 19.2. The molecule has 26 nitrogen and oxygen atoms in total. The summed E-state index contributed by atoms with van der Waals surface area (Å²) in [7, 11) is -17.0. The summed E-state index contributed by atoms with van der Waals surface area (Å²) in [5.74, 6) is -0.118. The van der Waals surface area contributed by atoms with E-state index < -0.39 is 78.7 Å². The van der Waals surface area contributed by atoms with Crippen molar-refractivity contribution in [1.29, 1.82) is 0 Å². The number of benzene rings is 3. The Labute approximate surface area is 456 Å². The lowest BCUT2D eigenvalue weighted by molar-refractivity contribution is -0.120. The third kappa shape index (κ3) is 11.4. The van der Waals surface area contributed by atoms with E-state index in [4.69, 9.17) is 19.3 Å². The van der Waals surface area contributed by atoms with Crippen LogP contribution in [0.25, 0.3) is 16.7 Å². The number of aliphatic hydroxyl groups is 2. The summed E-state index contributed by atoms with van der Waals surface area (Å²) in [6, 6.07) is 9.02. The first kappa shape index (κ1) is 56.1. The monoisotopic (exact) mass is 1170 g/mol. The molecule has 2 aromatic heterocycles. The number of fused-ring (bicyclic) bond motifs is 5.